The number of ether oxygens (including phenoxy) is 1. The maximum atomic E-state index is 11.7. The number of anilines is 1. The van der Waals surface area contributed by atoms with E-state index in [2.05, 4.69) is 5.32 Å². The fourth-order valence-corrected chi connectivity index (χ4v) is 1.49. The van der Waals surface area contributed by atoms with Crippen molar-refractivity contribution in [3.8, 4) is 5.75 Å². The monoisotopic (exact) mass is 236 g/mol. The molecule has 1 rings (SSSR count). The molecule has 0 aliphatic rings. The second kappa shape index (κ2) is 6.25. The highest BCUT2D eigenvalue weighted by molar-refractivity contribution is 5.91. The van der Waals surface area contributed by atoms with Gasteiger partial charge in [0.2, 0.25) is 5.91 Å². The van der Waals surface area contributed by atoms with Crippen LogP contribution in [0.2, 0.25) is 0 Å². The van der Waals surface area contributed by atoms with E-state index < -0.39 is 0 Å². The Balaban J connectivity index is 2.65. The van der Waals surface area contributed by atoms with Crippen molar-refractivity contribution in [1.82, 2.24) is 0 Å². The van der Waals surface area contributed by atoms with E-state index in [1.165, 1.54) is 0 Å². The summed E-state index contributed by atoms with van der Waals surface area (Å²) in [6.45, 7) is 3.90. The Bertz CT molecular complexity index is 391. The standard InChI is InChI=1S/C13H20N2O2/c1-4-10(14)8-13(16)15-12-6-5-11(17-3)7-9(12)2/h5-7,10H,4,8,14H2,1-3H3,(H,15,16). The number of hydrogen-bond acceptors (Lipinski definition) is 3. The molecule has 4 nitrogen and oxygen atoms in total. The van der Waals surface area contributed by atoms with Crippen molar-refractivity contribution in [3.05, 3.63) is 23.8 Å². The van der Waals surface area contributed by atoms with Crippen LogP contribution in [-0.2, 0) is 4.79 Å². The first-order chi connectivity index (χ1) is 8.06. The normalized spacial score (nSPS) is 12.0. The SMILES string of the molecule is CCC(N)CC(=O)Nc1ccc(OC)cc1C. The average molecular weight is 236 g/mol. The maximum absolute atomic E-state index is 11.7. The Morgan fingerprint density at radius 3 is 2.76 bits per heavy atom. The fraction of sp³-hybridized carbons (Fsp3) is 0.462. The summed E-state index contributed by atoms with van der Waals surface area (Å²) in [7, 11) is 1.62. The molecular weight excluding hydrogens is 216 g/mol. The Hall–Kier alpha value is -1.55. The van der Waals surface area contributed by atoms with Crippen molar-refractivity contribution < 1.29 is 9.53 Å². The molecule has 1 amide bonds. The molecule has 0 saturated heterocycles. The quantitative estimate of drug-likeness (QED) is 0.822. The van der Waals surface area contributed by atoms with Crippen molar-refractivity contribution in [3.63, 3.8) is 0 Å². The minimum Gasteiger partial charge on any atom is -0.497 e. The lowest BCUT2D eigenvalue weighted by Gasteiger charge is -2.12. The van der Waals surface area contributed by atoms with Crippen LogP contribution in [-0.4, -0.2) is 19.1 Å². The van der Waals surface area contributed by atoms with Gasteiger partial charge in [-0.15, -0.1) is 0 Å². The van der Waals surface area contributed by atoms with Crippen LogP contribution in [0.5, 0.6) is 5.75 Å². The van der Waals surface area contributed by atoms with Crippen LogP contribution < -0.4 is 15.8 Å². The number of carbonyl (C=O) groups excluding carboxylic acids is 1. The average Bonchev–Trinajstić information content (AvgIpc) is 2.31. The van der Waals surface area contributed by atoms with E-state index in [1.807, 2.05) is 32.0 Å². The lowest BCUT2D eigenvalue weighted by Crippen LogP contribution is -2.26. The molecule has 0 heterocycles. The van der Waals surface area contributed by atoms with Crippen molar-refractivity contribution in [1.29, 1.82) is 0 Å². The van der Waals surface area contributed by atoms with Gasteiger partial charge in [0.05, 0.1) is 7.11 Å². The number of rotatable bonds is 5. The predicted molar refractivity (Wildman–Crippen MR) is 69.2 cm³/mol. The minimum absolute atomic E-state index is 0.0485. The first-order valence-corrected chi connectivity index (χ1v) is 5.77. The van der Waals surface area contributed by atoms with E-state index in [9.17, 15) is 4.79 Å². The molecule has 1 aromatic rings. The number of benzene rings is 1. The van der Waals surface area contributed by atoms with Crippen LogP contribution in [0, 0.1) is 6.92 Å². The zero-order valence-corrected chi connectivity index (χ0v) is 10.6. The third-order valence-electron chi connectivity index (χ3n) is 2.68. The summed E-state index contributed by atoms with van der Waals surface area (Å²) in [6, 6.07) is 5.47. The van der Waals surface area contributed by atoms with Gasteiger partial charge >= 0.3 is 0 Å². The third kappa shape index (κ3) is 4.07. The smallest absolute Gasteiger partial charge is 0.225 e. The molecule has 3 N–H and O–H groups in total. The molecule has 0 aliphatic carbocycles. The molecule has 4 heteroatoms. The highest BCUT2D eigenvalue weighted by Gasteiger charge is 2.09. The largest absolute Gasteiger partial charge is 0.497 e. The van der Waals surface area contributed by atoms with E-state index in [-0.39, 0.29) is 11.9 Å². The van der Waals surface area contributed by atoms with Gasteiger partial charge in [-0.3, -0.25) is 4.79 Å². The van der Waals surface area contributed by atoms with Crippen LogP contribution in [0.25, 0.3) is 0 Å². The van der Waals surface area contributed by atoms with Gasteiger partial charge in [-0.05, 0) is 37.1 Å². The Kier molecular flexibility index (Phi) is 4.97. The lowest BCUT2D eigenvalue weighted by atomic mass is 10.1. The van der Waals surface area contributed by atoms with Crippen molar-refractivity contribution in [2.45, 2.75) is 32.7 Å². The number of carbonyl (C=O) groups is 1. The van der Waals surface area contributed by atoms with E-state index >= 15 is 0 Å². The van der Waals surface area contributed by atoms with Gasteiger partial charge in [-0.25, -0.2) is 0 Å². The Labute approximate surface area is 102 Å². The number of amides is 1. The third-order valence-corrected chi connectivity index (χ3v) is 2.68. The molecule has 0 spiro atoms. The lowest BCUT2D eigenvalue weighted by molar-refractivity contribution is -0.116. The second-order valence-electron chi connectivity index (χ2n) is 4.10. The van der Waals surface area contributed by atoms with Gasteiger partial charge < -0.3 is 15.8 Å². The van der Waals surface area contributed by atoms with Crippen LogP contribution in [0.15, 0.2) is 18.2 Å². The van der Waals surface area contributed by atoms with Crippen molar-refractivity contribution >= 4 is 11.6 Å². The van der Waals surface area contributed by atoms with E-state index in [0.717, 1.165) is 23.4 Å². The summed E-state index contributed by atoms with van der Waals surface area (Å²) in [5, 5.41) is 2.85. The summed E-state index contributed by atoms with van der Waals surface area (Å²) in [5.74, 6) is 0.735. The van der Waals surface area contributed by atoms with Gasteiger partial charge in [-0.1, -0.05) is 6.92 Å². The molecule has 0 aliphatic heterocycles. The Morgan fingerprint density at radius 2 is 2.24 bits per heavy atom. The molecule has 94 valence electrons. The molecule has 1 atom stereocenters. The first kappa shape index (κ1) is 13.5. The number of nitrogens with one attached hydrogen (secondary N) is 1. The van der Waals surface area contributed by atoms with E-state index in [1.54, 1.807) is 7.11 Å². The van der Waals surface area contributed by atoms with E-state index in [4.69, 9.17) is 10.5 Å². The summed E-state index contributed by atoms with van der Waals surface area (Å²) in [6.07, 6.45) is 1.15. The topological polar surface area (TPSA) is 64.4 Å². The van der Waals surface area contributed by atoms with Gasteiger partial charge in [-0.2, -0.15) is 0 Å². The van der Waals surface area contributed by atoms with Crippen LogP contribution in [0.1, 0.15) is 25.3 Å². The summed E-state index contributed by atoms with van der Waals surface area (Å²) >= 11 is 0. The van der Waals surface area contributed by atoms with Crippen molar-refractivity contribution in [2.24, 2.45) is 5.73 Å². The Morgan fingerprint density at radius 1 is 1.53 bits per heavy atom. The van der Waals surface area contributed by atoms with Gasteiger partial charge in [0, 0.05) is 18.2 Å². The van der Waals surface area contributed by atoms with E-state index in [0.29, 0.717) is 6.42 Å². The summed E-state index contributed by atoms with van der Waals surface area (Å²) in [5.41, 5.74) is 7.51. The first-order valence-electron chi connectivity index (χ1n) is 5.77. The van der Waals surface area contributed by atoms with Crippen molar-refractivity contribution in [2.75, 3.05) is 12.4 Å². The molecule has 0 aromatic heterocycles. The summed E-state index contributed by atoms with van der Waals surface area (Å²) in [4.78, 5) is 11.7. The fourth-order valence-electron chi connectivity index (χ4n) is 1.49. The number of nitrogens with two attached hydrogens (primary N) is 1. The molecule has 1 unspecified atom stereocenters. The molecule has 0 bridgehead atoms. The minimum atomic E-state index is -0.0754. The van der Waals surface area contributed by atoms with Gasteiger partial charge in [0.15, 0.2) is 0 Å². The van der Waals surface area contributed by atoms with Gasteiger partial charge in [0.25, 0.3) is 0 Å². The van der Waals surface area contributed by atoms with Crippen LogP contribution in [0.4, 0.5) is 5.69 Å². The molecule has 0 fully saturated rings. The molecule has 1 aromatic carbocycles. The predicted octanol–water partition coefficient (Wildman–Crippen LogP) is 2.07. The molecular formula is C13H20N2O2. The highest BCUT2D eigenvalue weighted by Crippen LogP contribution is 2.21. The molecule has 17 heavy (non-hydrogen) atoms. The van der Waals surface area contributed by atoms with Gasteiger partial charge in [0.1, 0.15) is 5.75 Å². The molecule has 0 radical (unpaired) electrons. The molecule has 0 saturated carbocycles. The summed E-state index contributed by atoms with van der Waals surface area (Å²) < 4.78 is 5.10. The van der Waals surface area contributed by atoms with Crippen LogP contribution in [0.3, 0.4) is 0 Å². The zero-order chi connectivity index (χ0) is 12.8. The number of hydrogen-bond donors (Lipinski definition) is 2. The maximum Gasteiger partial charge on any atom is 0.225 e. The number of methoxy groups -OCH3 is 1. The highest BCUT2D eigenvalue weighted by atomic mass is 16.5. The van der Waals surface area contributed by atoms with Crippen LogP contribution >= 0.6 is 0 Å². The zero-order valence-electron chi connectivity index (χ0n) is 10.6. The number of aryl methyl sites for hydroxylation is 1. The second-order valence-corrected chi connectivity index (χ2v) is 4.10.